The first-order chi connectivity index (χ1) is 15.9. The van der Waals surface area contributed by atoms with Crippen molar-refractivity contribution in [1.29, 1.82) is 0 Å². The molecule has 0 unspecified atom stereocenters. The van der Waals surface area contributed by atoms with Crippen LogP contribution in [-0.4, -0.2) is 35.1 Å². The van der Waals surface area contributed by atoms with E-state index in [-0.39, 0.29) is 23.6 Å². The van der Waals surface area contributed by atoms with Crippen LogP contribution in [0.1, 0.15) is 18.9 Å². The van der Waals surface area contributed by atoms with E-state index in [0.717, 1.165) is 3.97 Å². The van der Waals surface area contributed by atoms with Crippen LogP contribution in [0.4, 0.5) is 0 Å². The smallest absolute Gasteiger partial charge is 0.303 e. The molecule has 0 bridgehead atoms. The number of carboxylic acids is 1. The number of aliphatic carboxylic acids is 1. The lowest BCUT2D eigenvalue weighted by molar-refractivity contribution is -0.136. The summed E-state index contributed by atoms with van der Waals surface area (Å²) >= 11 is 0. The molecule has 0 saturated heterocycles. The lowest BCUT2D eigenvalue weighted by Gasteiger charge is -2.09. The minimum Gasteiger partial charge on any atom is -0.494 e. The summed E-state index contributed by atoms with van der Waals surface area (Å²) in [4.78, 5) is 15.2. The van der Waals surface area contributed by atoms with E-state index in [2.05, 4.69) is 4.98 Å². The Kier molecular flexibility index (Phi) is 6.32. The Morgan fingerprint density at radius 3 is 2.52 bits per heavy atom. The van der Waals surface area contributed by atoms with Crippen LogP contribution in [0.15, 0.2) is 78.0 Å². The minimum atomic E-state index is -3.99. The van der Waals surface area contributed by atoms with Gasteiger partial charge >= 0.3 is 5.97 Å². The van der Waals surface area contributed by atoms with E-state index in [1.54, 1.807) is 30.3 Å². The van der Waals surface area contributed by atoms with Crippen molar-refractivity contribution in [2.45, 2.75) is 24.7 Å². The van der Waals surface area contributed by atoms with Crippen LogP contribution >= 0.6 is 0 Å². The molecular formula is C24H22N2O6S. The number of fused-ring (bicyclic) bond motifs is 1. The third-order valence-corrected chi connectivity index (χ3v) is 6.63. The van der Waals surface area contributed by atoms with Gasteiger partial charge in [0.2, 0.25) is 5.88 Å². The Hall–Kier alpha value is -3.85. The van der Waals surface area contributed by atoms with Gasteiger partial charge in [-0.2, -0.15) is 0 Å². The van der Waals surface area contributed by atoms with Gasteiger partial charge < -0.3 is 14.6 Å². The van der Waals surface area contributed by atoms with Crippen molar-refractivity contribution in [2.75, 3.05) is 6.61 Å². The molecule has 0 spiro atoms. The molecule has 8 nitrogen and oxygen atoms in total. The number of aromatic nitrogens is 2. The fourth-order valence-electron chi connectivity index (χ4n) is 3.44. The zero-order chi connectivity index (χ0) is 23.4. The highest BCUT2D eigenvalue weighted by Gasteiger charge is 2.22. The van der Waals surface area contributed by atoms with Crippen molar-refractivity contribution in [2.24, 2.45) is 0 Å². The first-order valence-corrected chi connectivity index (χ1v) is 11.8. The van der Waals surface area contributed by atoms with Gasteiger partial charge in [-0.15, -0.1) is 0 Å². The molecule has 1 N–H and O–H groups in total. The summed E-state index contributed by atoms with van der Waals surface area (Å²) in [5.74, 6) is 0.477. The van der Waals surface area contributed by atoms with E-state index in [4.69, 9.17) is 14.6 Å². The van der Waals surface area contributed by atoms with Crippen molar-refractivity contribution in [3.05, 3.63) is 78.6 Å². The molecule has 0 fully saturated rings. The van der Waals surface area contributed by atoms with Crippen LogP contribution in [-0.2, 0) is 21.2 Å². The molecule has 0 aliphatic heterocycles. The van der Waals surface area contributed by atoms with Gasteiger partial charge in [0.1, 0.15) is 16.4 Å². The summed E-state index contributed by atoms with van der Waals surface area (Å²) in [6.45, 7) is 2.31. The van der Waals surface area contributed by atoms with Crippen LogP contribution < -0.4 is 9.47 Å². The van der Waals surface area contributed by atoms with E-state index in [9.17, 15) is 13.2 Å². The largest absolute Gasteiger partial charge is 0.494 e. The number of hydrogen-bond acceptors (Lipinski definition) is 6. The predicted molar refractivity (Wildman–Crippen MR) is 122 cm³/mol. The second kappa shape index (κ2) is 9.33. The van der Waals surface area contributed by atoms with E-state index in [1.807, 2.05) is 25.1 Å². The molecule has 33 heavy (non-hydrogen) atoms. The summed E-state index contributed by atoms with van der Waals surface area (Å²) in [5.41, 5.74) is 1.04. The number of carbonyl (C=O) groups is 1. The van der Waals surface area contributed by atoms with Gasteiger partial charge in [-0.1, -0.05) is 18.2 Å². The Bertz CT molecular complexity index is 1380. The van der Waals surface area contributed by atoms with E-state index in [0.29, 0.717) is 34.6 Å². The van der Waals surface area contributed by atoms with Crippen LogP contribution in [0.3, 0.4) is 0 Å². The van der Waals surface area contributed by atoms with E-state index < -0.39 is 16.0 Å². The number of ether oxygens (including phenoxy) is 2. The number of hydrogen-bond donors (Lipinski definition) is 1. The molecular weight excluding hydrogens is 444 g/mol. The number of benzene rings is 2. The number of para-hydroxylation sites is 1. The minimum absolute atomic E-state index is 0.0153. The third kappa shape index (κ3) is 4.83. The Balaban J connectivity index is 1.71. The zero-order valence-corrected chi connectivity index (χ0v) is 18.7. The van der Waals surface area contributed by atoms with Crippen molar-refractivity contribution >= 4 is 26.9 Å². The van der Waals surface area contributed by atoms with Crippen LogP contribution in [0.25, 0.3) is 10.9 Å². The molecule has 170 valence electrons. The molecule has 0 saturated carbocycles. The van der Waals surface area contributed by atoms with Gasteiger partial charge in [0.05, 0.1) is 18.3 Å². The van der Waals surface area contributed by atoms with Crippen molar-refractivity contribution in [3.8, 4) is 17.4 Å². The molecule has 0 amide bonds. The van der Waals surface area contributed by atoms with Gasteiger partial charge in [0.15, 0.2) is 0 Å². The second-order valence-electron chi connectivity index (χ2n) is 7.21. The van der Waals surface area contributed by atoms with E-state index >= 15 is 0 Å². The van der Waals surface area contributed by atoms with Crippen LogP contribution in [0, 0.1) is 0 Å². The monoisotopic (exact) mass is 466 g/mol. The third-order valence-electron chi connectivity index (χ3n) is 4.98. The van der Waals surface area contributed by atoms with E-state index in [1.165, 1.54) is 24.5 Å². The maximum Gasteiger partial charge on any atom is 0.303 e. The predicted octanol–water partition coefficient (Wildman–Crippen LogP) is 4.48. The fourth-order valence-corrected chi connectivity index (χ4v) is 4.78. The molecule has 0 radical (unpaired) electrons. The van der Waals surface area contributed by atoms with Crippen LogP contribution in [0.5, 0.6) is 17.4 Å². The molecule has 2 aromatic heterocycles. The van der Waals surface area contributed by atoms with Crippen molar-refractivity contribution in [3.63, 3.8) is 0 Å². The maximum atomic E-state index is 13.4. The molecule has 4 rings (SSSR count). The van der Waals surface area contributed by atoms with Crippen LogP contribution in [0.2, 0.25) is 0 Å². The summed E-state index contributed by atoms with van der Waals surface area (Å²) < 4.78 is 39.2. The average Bonchev–Trinajstić information content (AvgIpc) is 3.18. The zero-order valence-electron chi connectivity index (χ0n) is 17.8. The first kappa shape index (κ1) is 22.3. The molecule has 2 heterocycles. The maximum absolute atomic E-state index is 13.4. The SMILES string of the molecule is CCOc1ccc2c(c1)c(CCC(=O)O)cn2S(=O)(=O)c1ccc(Oc2ccccc2)nc1. The highest BCUT2D eigenvalue weighted by atomic mass is 32.2. The molecule has 2 aromatic carbocycles. The number of rotatable bonds is 9. The Morgan fingerprint density at radius 2 is 1.85 bits per heavy atom. The standard InChI is InChI=1S/C24H22N2O6S/c1-2-31-19-9-11-22-21(14-19)17(8-13-24(27)28)16-26(22)33(29,30)20-10-12-23(25-15-20)32-18-6-4-3-5-7-18/h3-7,9-12,14-16H,2,8,13H2,1H3,(H,27,28). The van der Waals surface area contributed by atoms with Gasteiger partial charge in [-0.25, -0.2) is 17.4 Å². The average molecular weight is 467 g/mol. The number of aryl methyl sites for hydroxylation is 1. The Morgan fingerprint density at radius 1 is 1.06 bits per heavy atom. The molecule has 0 aliphatic rings. The normalized spacial score (nSPS) is 11.4. The number of nitrogens with zero attached hydrogens (tertiary/aromatic N) is 2. The molecule has 0 atom stereocenters. The van der Waals surface area contributed by atoms with Gasteiger partial charge in [-0.05, 0) is 55.3 Å². The lowest BCUT2D eigenvalue weighted by atomic mass is 10.1. The number of carboxylic acid groups (broad SMARTS) is 1. The number of pyridine rings is 1. The highest BCUT2D eigenvalue weighted by molar-refractivity contribution is 7.90. The lowest BCUT2D eigenvalue weighted by Crippen LogP contribution is -2.12. The summed E-state index contributed by atoms with van der Waals surface area (Å²) in [6.07, 6.45) is 2.77. The summed E-state index contributed by atoms with van der Waals surface area (Å²) in [5, 5.41) is 9.72. The topological polar surface area (TPSA) is 108 Å². The quantitative estimate of drug-likeness (QED) is 0.387. The van der Waals surface area contributed by atoms with Gasteiger partial charge in [0.25, 0.3) is 10.0 Å². The van der Waals surface area contributed by atoms with Gasteiger partial charge in [0, 0.05) is 24.1 Å². The molecule has 0 aliphatic carbocycles. The van der Waals surface area contributed by atoms with Gasteiger partial charge in [-0.3, -0.25) is 4.79 Å². The highest BCUT2D eigenvalue weighted by Crippen LogP contribution is 2.30. The van der Waals surface area contributed by atoms with Crippen molar-refractivity contribution in [1.82, 2.24) is 8.96 Å². The van der Waals surface area contributed by atoms with Crippen molar-refractivity contribution < 1.29 is 27.8 Å². The molecule has 4 aromatic rings. The Labute approximate surface area is 191 Å². The summed E-state index contributed by atoms with van der Waals surface area (Å²) in [6, 6.07) is 17.0. The fraction of sp³-hybridized carbons (Fsp3) is 0.167. The first-order valence-electron chi connectivity index (χ1n) is 10.3. The molecule has 9 heteroatoms. The summed E-state index contributed by atoms with van der Waals surface area (Å²) in [7, 11) is -3.99. The second-order valence-corrected chi connectivity index (χ2v) is 9.02.